The second-order valence-corrected chi connectivity index (χ2v) is 15.5. The molecule has 0 fully saturated rings. The van der Waals surface area contributed by atoms with Gasteiger partial charge in [-0.25, -0.2) is 15.0 Å². The zero-order valence-electron chi connectivity index (χ0n) is 31.4. The molecule has 0 radical (unpaired) electrons. The van der Waals surface area contributed by atoms with Gasteiger partial charge in [-0.3, -0.25) is 0 Å². The van der Waals surface area contributed by atoms with Crippen molar-refractivity contribution in [3.8, 4) is 56.4 Å². The largest absolute Gasteiger partial charge is 0.455 e. The summed E-state index contributed by atoms with van der Waals surface area (Å²) in [5.41, 5.74) is 15.9. The Bertz CT molecular complexity index is 3150. The molecule has 254 valence electrons. The van der Waals surface area contributed by atoms with Crippen LogP contribution in [0.15, 0.2) is 138 Å². The van der Waals surface area contributed by atoms with E-state index in [1.54, 1.807) is 11.3 Å². The molecule has 0 aliphatic carbocycles. The third-order valence-corrected chi connectivity index (χ3v) is 12.8. The molecule has 0 spiro atoms. The van der Waals surface area contributed by atoms with Gasteiger partial charge in [0.1, 0.15) is 50.4 Å². The molecule has 10 aromatic rings. The first-order valence-corrected chi connectivity index (χ1v) is 19.5. The fourth-order valence-corrected chi connectivity index (χ4v) is 9.50. The monoisotopic (exact) mass is 717 g/mol. The van der Waals surface area contributed by atoms with Crippen LogP contribution in [0.3, 0.4) is 0 Å². The Hall–Kier alpha value is -6.11. The van der Waals surface area contributed by atoms with Gasteiger partial charge < -0.3 is 4.42 Å². The van der Waals surface area contributed by atoms with Crippen LogP contribution in [0, 0.1) is 0 Å². The zero-order chi connectivity index (χ0) is 37.4. The average Bonchev–Trinajstić information content (AvgIpc) is 3.81. The number of nitrogens with zero attached hydrogens (tertiary/aromatic N) is 3. The van der Waals surface area contributed by atoms with Crippen LogP contribution < -0.4 is 27.3 Å². The lowest BCUT2D eigenvalue weighted by Crippen LogP contribution is -2.55. The number of benzene rings is 7. The summed E-state index contributed by atoms with van der Waals surface area (Å²) >= 11 is 1.78. The number of aromatic nitrogens is 3. The molecule has 10 heteroatoms. The summed E-state index contributed by atoms with van der Waals surface area (Å²) in [7, 11) is 11.2. The maximum Gasteiger partial charge on any atom is 0.165 e. The Morgan fingerprint density at radius 3 is 1.80 bits per heavy atom. The summed E-state index contributed by atoms with van der Waals surface area (Å²) < 4.78 is 9.21. The first-order valence-electron chi connectivity index (χ1n) is 18.7. The molecule has 0 amide bonds. The van der Waals surface area contributed by atoms with Crippen LogP contribution >= 0.6 is 11.3 Å². The molecular weight excluding hydrogens is 685 g/mol. The highest BCUT2D eigenvalue weighted by molar-refractivity contribution is 7.26. The van der Waals surface area contributed by atoms with Gasteiger partial charge in [0.15, 0.2) is 17.5 Å². The second kappa shape index (κ2) is 13.0. The minimum absolute atomic E-state index is 0.610. The van der Waals surface area contributed by atoms with Crippen molar-refractivity contribution < 1.29 is 4.42 Å². The van der Waals surface area contributed by atoms with Gasteiger partial charge in [-0.2, -0.15) is 0 Å². The van der Waals surface area contributed by atoms with Crippen LogP contribution in [0.1, 0.15) is 0 Å². The molecular formula is C45H32B5N3OS. The number of thiophene rings is 1. The van der Waals surface area contributed by atoms with E-state index in [-0.39, 0.29) is 0 Å². The molecule has 3 heterocycles. The van der Waals surface area contributed by atoms with E-state index in [0.29, 0.717) is 17.5 Å². The van der Waals surface area contributed by atoms with Gasteiger partial charge >= 0.3 is 0 Å². The first kappa shape index (κ1) is 33.5. The van der Waals surface area contributed by atoms with Gasteiger partial charge in [-0.15, -0.1) is 27.7 Å². The maximum atomic E-state index is 6.80. The molecule has 0 unspecified atom stereocenters. The lowest BCUT2D eigenvalue weighted by atomic mass is 9.59. The molecule has 0 bridgehead atoms. The highest BCUT2D eigenvalue weighted by Gasteiger charge is 2.21. The molecule has 0 aliphatic heterocycles. The molecule has 0 saturated heterocycles. The Labute approximate surface area is 327 Å². The average molecular weight is 717 g/mol. The molecule has 55 heavy (non-hydrogen) atoms. The van der Waals surface area contributed by atoms with E-state index in [2.05, 4.69) is 142 Å². The smallest absolute Gasteiger partial charge is 0.165 e. The quantitative estimate of drug-likeness (QED) is 0.255. The van der Waals surface area contributed by atoms with E-state index in [1.807, 2.05) is 30.3 Å². The molecule has 7 aromatic carbocycles. The third-order valence-electron chi connectivity index (χ3n) is 11.5. The summed E-state index contributed by atoms with van der Waals surface area (Å²) in [4.78, 5) is 15.5. The summed E-state index contributed by atoms with van der Waals surface area (Å²) in [5.74, 6) is 1.89. The SMILES string of the molecule is Bc1c(B)c(B)c(-c2cccc(-c3cccc4c3oc3cccc(-c5nc(-c6ccccc6)nc(-c6cccc7c6sc6ccccc67)n5)c34)c2)c(B)c1B. The zero-order valence-corrected chi connectivity index (χ0v) is 32.2. The summed E-state index contributed by atoms with van der Waals surface area (Å²) in [6.45, 7) is 0. The number of rotatable bonds is 5. The molecule has 3 aromatic heterocycles. The number of hydrogen-bond acceptors (Lipinski definition) is 5. The van der Waals surface area contributed by atoms with Gasteiger partial charge in [0.05, 0.1) is 0 Å². The maximum absolute atomic E-state index is 6.80. The van der Waals surface area contributed by atoms with E-state index in [4.69, 9.17) is 19.4 Å². The lowest BCUT2D eigenvalue weighted by Gasteiger charge is -2.21. The van der Waals surface area contributed by atoms with Crippen molar-refractivity contribution in [2.45, 2.75) is 0 Å². The Kier molecular flexibility index (Phi) is 7.93. The van der Waals surface area contributed by atoms with Gasteiger partial charge in [0.25, 0.3) is 0 Å². The van der Waals surface area contributed by atoms with Gasteiger partial charge in [0, 0.05) is 53.2 Å². The molecule has 4 nitrogen and oxygen atoms in total. The molecule has 0 N–H and O–H groups in total. The highest BCUT2D eigenvalue weighted by atomic mass is 32.1. The molecule has 10 rings (SSSR count). The van der Waals surface area contributed by atoms with Crippen molar-refractivity contribution in [1.29, 1.82) is 0 Å². The second-order valence-electron chi connectivity index (χ2n) is 14.5. The molecule has 0 atom stereocenters. The van der Waals surface area contributed by atoms with Gasteiger partial charge in [0.2, 0.25) is 0 Å². The lowest BCUT2D eigenvalue weighted by molar-refractivity contribution is 0.670. The van der Waals surface area contributed by atoms with Crippen molar-refractivity contribution in [1.82, 2.24) is 15.0 Å². The third kappa shape index (κ3) is 5.38. The van der Waals surface area contributed by atoms with Crippen molar-refractivity contribution in [2.75, 3.05) is 0 Å². The van der Waals surface area contributed by atoms with E-state index in [1.165, 1.54) is 58.6 Å². The number of para-hydroxylation sites is 1. The van der Waals surface area contributed by atoms with Crippen LogP contribution in [0.5, 0.6) is 0 Å². The predicted octanol–water partition coefficient (Wildman–Crippen LogP) is 3.77. The predicted molar refractivity (Wildman–Crippen MR) is 248 cm³/mol. The normalized spacial score (nSPS) is 11.6. The van der Waals surface area contributed by atoms with Crippen molar-refractivity contribution in [2.24, 2.45) is 0 Å². The summed E-state index contributed by atoms with van der Waals surface area (Å²) in [5, 5.41) is 4.46. The van der Waals surface area contributed by atoms with E-state index in [0.717, 1.165) is 49.8 Å². The summed E-state index contributed by atoms with van der Waals surface area (Å²) in [6.07, 6.45) is 0. The highest BCUT2D eigenvalue weighted by Crippen LogP contribution is 2.42. The van der Waals surface area contributed by atoms with Gasteiger partial charge in [-0.05, 0) is 41.0 Å². The number of furan rings is 1. The standard InChI is InChI=1S/C45H32B5N3OS/c46-36-34(37(47)39(49)40(50)38(36)48)25-13-6-12-24(22-25)26-15-7-17-29-35-30(18-9-20-32(35)54-41(26)29)44-51-43(23-10-2-1-3-11-23)52-45(53-44)31-19-8-16-28-27-14-4-5-21-33(27)55-42(28)31/h1-22H,46-50H2. The van der Waals surface area contributed by atoms with Crippen molar-refractivity contribution >= 4 is 120 Å². The molecule has 0 saturated carbocycles. The number of fused-ring (bicyclic) bond motifs is 6. The van der Waals surface area contributed by atoms with Gasteiger partial charge in [-0.1, -0.05) is 120 Å². The molecule has 0 aliphatic rings. The van der Waals surface area contributed by atoms with Crippen LogP contribution in [-0.4, -0.2) is 54.2 Å². The van der Waals surface area contributed by atoms with Crippen LogP contribution in [0.4, 0.5) is 0 Å². The number of hydrogen-bond donors (Lipinski definition) is 0. The topological polar surface area (TPSA) is 51.8 Å². The van der Waals surface area contributed by atoms with E-state index >= 15 is 0 Å². The Balaban J connectivity index is 1.17. The van der Waals surface area contributed by atoms with E-state index in [9.17, 15) is 0 Å². The Morgan fingerprint density at radius 2 is 1.00 bits per heavy atom. The fraction of sp³-hybridized carbons (Fsp3) is 0. The Morgan fingerprint density at radius 1 is 0.436 bits per heavy atom. The van der Waals surface area contributed by atoms with Crippen LogP contribution in [0.25, 0.3) is 98.5 Å². The summed E-state index contributed by atoms with van der Waals surface area (Å²) in [6, 6.07) is 46.7. The minimum Gasteiger partial charge on any atom is -0.455 e. The van der Waals surface area contributed by atoms with Crippen LogP contribution in [-0.2, 0) is 0 Å². The van der Waals surface area contributed by atoms with E-state index < -0.39 is 0 Å². The van der Waals surface area contributed by atoms with Crippen molar-refractivity contribution in [3.63, 3.8) is 0 Å². The van der Waals surface area contributed by atoms with Crippen molar-refractivity contribution in [3.05, 3.63) is 133 Å². The first-order chi connectivity index (χ1) is 26.9. The minimum atomic E-state index is 0.610. The fourth-order valence-electron chi connectivity index (χ4n) is 8.29. The van der Waals surface area contributed by atoms with Crippen LogP contribution in [0.2, 0.25) is 0 Å².